The predicted octanol–water partition coefficient (Wildman–Crippen LogP) is 4.18. The summed E-state index contributed by atoms with van der Waals surface area (Å²) in [5, 5.41) is 14.8. The first kappa shape index (κ1) is 47.7. The van der Waals surface area contributed by atoms with Crippen LogP contribution in [0.15, 0.2) is 30.5 Å². The minimum absolute atomic E-state index is 0.000280. The first-order valence-electron chi connectivity index (χ1n) is 22.0. The highest BCUT2D eigenvalue weighted by Crippen LogP contribution is 2.23. The summed E-state index contributed by atoms with van der Waals surface area (Å²) < 4.78 is 6.11. The van der Waals surface area contributed by atoms with E-state index in [1.165, 1.54) is 18.7 Å². The third kappa shape index (κ3) is 14.1. The van der Waals surface area contributed by atoms with E-state index in [-0.39, 0.29) is 44.1 Å². The number of rotatable bonds is 12. The highest BCUT2D eigenvalue weighted by molar-refractivity contribution is 5.97. The zero-order chi connectivity index (χ0) is 44.1. The van der Waals surface area contributed by atoms with E-state index in [1.807, 2.05) is 52.0 Å². The molecule has 2 aliphatic heterocycles. The molecule has 1 aromatic heterocycles. The van der Waals surface area contributed by atoms with Crippen LogP contribution in [0, 0.1) is 17.8 Å². The lowest BCUT2D eigenvalue weighted by Gasteiger charge is -2.31. The predicted molar refractivity (Wildman–Crippen MR) is 229 cm³/mol. The molecular weight excluding hydrogens is 767 g/mol. The molecule has 2 fully saturated rings. The van der Waals surface area contributed by atoms with E-state index >= 15 is 0 Å². The molecule has 6 N–H and O–H groups in total. The molecule has 0 spiro atoms. The number of nitrogens with one attached hydrogen (secondary N) is 6. The number of carbonyl (C=O) groups excluding carboxylic acids is 7. The van der Waals surface area contributed by atoms with E-state index in [2.05, 4.69) is 45.4 Å². The molecule has 7 atom stereocenters. The molecule has 0 aliphatic carbocycles. The van der Waals surface area contributed by atoms with Crippen molar-refractivity contribution in [3.8, 4) is 0 Å². The number of aromatic nitrogens is 1. The second-order valence-corrected chi connectivity index (χ2v) is 18.0. The van der Waals surface area contributed by atoms with Crippen LogP contribution >= 0.6 is 0 Å². The summed E-state index contributed by atoms with van der Waals surface area (Å²) in [6.07, 6.45) is 6.11. The first-order chi connectivity index (χ1) is 28.4. The molecule has 2 aliphatic rings. The average molecular weight is 836 g/mol. The number of carbonyl (C=O) groups is 7. The molecule has 0 unspecified atom stereocenters. The standard InChI is InChI=1S/C45H69N7O8/c1-26(2)15-10-9-11-16-32-24-39(53)47-29(7)40(54)48-30(8)41(55)50-36(22-28(5)6)44(58)52-20-14-19-38(52)43(57)49-35(21-27(3)4)42(56)51-37(45(59)60-32)23-31-25-46-34-18-13-12-17-33(31)34/h12-13,17-18,25-30,32,35-38,46H,9-11,14-16,19-24H2,1-8H3,(H,47,53)(H,48,54)(H,49,57)(H,50,55)(H,51,56)/t29-,30-,32+,35-,36-,37+,38+/m1/s1. The lowest BCUT2D eigenvalue weighted by Crippen LogP contribution is -2.59. The summed E-state index contributed by atoms with van der Waals surface area (Å²) in [4.78, 5) is 102. The van der Waals surface area contributed by atoms with Gasteiger partial charge in [-0.2, -0.15) is 0 Å². The van der Waals surface area contributed by atoms with Gasteiger partial charge in [-0.05, 0) is 81.8 Å². The second-order valence-electron chi connectivity index (χ2n) is 18.0. The maximum atomic E-state index is 14.3. The Hall–Kier alpha value is -4.95. The highest BCUT2D eigenvalue weighted by atomic mass is 16.5. The number of benzene rings is 1. The zero-order valence-corrected chi connectivity index (χ0v) is 36.9. The van der Waals surface area contributed by atoms with Gasteiger partial charge in [-0.1, -0.05) is 79.0 Å². The van der Waals surface area contributed by atoms with Gasteiger partial charge in [0.1, 0.15) is 42.4 Å². The van der Waals surface area contributed by atoms with Crippen molar-refractivity contribution in [2.75, 3.05) is 6.54 Å². The van der Waals surface area contributed by atoms with Crippen LogP contribution in [-0.4, -0.2) is 100 Å². The molecule has 3 heterocycles. The Balaban J connectivity index is 1.71. The minimum atomic E-state index is -1.19. The van der Waals surface area contributed by atoms with Crippen molar-refractivity contribution in [3.63, 3.8) is 0 Å². The smallest absolute Gasteiger partial charge is 0.329 e. The molecule has 0 radical (unpaired) electrons. The number of hydrogen-bond donors (Lipinski definition) is 6. The lowest BCUT2D eigenvalue weighted by molar-refractivity contribution is -0.155. The molecule has 332 valence electrons. The number of hydrogen-bond acceptors (Lipinski definition) is 8. The summed E-state index contributed by atoms with van der Waals surface area (Å²) in [6.45, 7) is 15.2. The Morgan fingerprint density at radius 2 is 1.33 bits per heavy atom. The minimum Gasteiger partial charge on any atom is -0.460 e. The van der Waals surface area contributed by atoms with Gasteiger partial charge in [0.05, 0.1) is 6.42 Å². The molecule has 15 heteroatoms. The van der Waals surface area contributed by atoms with Crippen molar-refractivity contribution in [1.29, 1.82) is 0 Å². The molecule has 0 saturated carbocycles. The molecule has 60 heavy (non-hydrogen) atoms. The fourth-order valence-corrected chi connectivity index (χ4v) is 7.98. The number of para-hydroxylation sites is 1. The van der Waals surface area contributed by atoms with Gasteiger partial charge in [0, 0.05) is 30.1 Å². The van der Waals surface area contributed by atoms with Crippen LogP contribution in [-0.2, 0) is 44.7 Å². The monoisotopic (exact) mass is 836 g/mol. The van der Waals surface area contributed by atoms with Gasteiger partial charge in [0.25, 0.3) is 0 Å². The molecule has 4 rings (SSSR count). The summed E-state index contributed by atoms with van der Waals surface area (Å²) >= 11 is 0. The average Bonchev–Trinajstić information content (AvgIpc) is 3.83. The third-order valence-electron chi connectivity index (χ3n) is 11.2. The van der Waals surface area contributed by atoms with E-state index < -0.39 is 83.8 Å². The SMILES string of the molecule is CC(C)CCCCC[C@H]1CC(=O)N[C@H](C)C(=O)N[C@H](C)C(=O)N[C@H](CC(C)C)C(=O)N2CCC[C@H]2C(=O)N[C@H](CC(C)C)C(=O)N[C@@H](Cc2c[nH]c3ccccc23)C(=O)O1. The number of nitrogens with zero attached hydrogens (tertiary/aromatic N) is 1. The maximum Gasteiger partial charge on any atom is 0.329 e. The number of cyclic esters (lactones) is 1. The molecule has 2 aromatic rings. The number of fused-ring (bicyclic) bond motifs is 2. The maximum absolute atomic E-state index is 14.3. The van der Waals surface area contributed by atoms with E-state index in [0.717, 1.165) is 35.7 Å². The van der Waals surface area contributed by atoms with Gasteiger partial charge in [-0.15, -0.1) is 0 Å². The van der Waals surface area contributed by atoms with Crippen molar-refractivity contribution in [1.82, 2.24) is 36.5 Å². The topological polar surface area (TPSA) is 208 Å². The van der Waals surface area contributed by atoms with Crippen molar-refractivity contribution in [3.05, 3.63) is 36.0 Å². The van der Waals surface area contributed by atoms with Crippen LogP contribution in [0.5, 0.6) is 0 Å². The second kappa shape index (κ2) is 22.6. The van der Waals surface area contributed by atoms with Crippen LogP contribution in [0.3, 0.4) is 0 Å². The van der Waals surface area contributed by atoms with Crippen LogP contribution in [0.25, 0.3) is 10.9 Å². The number of unbranched alkanes of at least 4 members (excludes halogenated alkanes) is 2. The normalized spacial score (nSPS) is 25.9. The highest BCUT2D eigenvalue weighted by Gasteiger charge is 2.40. The van der Waals surface area contributed by atoms with E-state index in [1.54, 1.807) is 6.20 Å². The van der Waals surface area contributed by atoms with Crippen molar-refractivity contribution >= 4 is 52.3 Å². The summed E-state index contributed by atoms with van der Waals surface area (Å²) in [5.41, 5.74) is 1.61. The first-order valence-corrected chi connectivity index (χ1v) is 22.0. The quantitative estimate of drug-likeness (QED) is 0.135. The lowest BCUT2D eigenvalue weighted by atomic mass is 10.00. The fraction of sp³-hybridized carbons (Fsp3) is 0.667. The van der Waals surface area contributed by atoms with Crippen molar-refractivity contribution < 1.29 is 38.3 Å². The van der Waals surface area contributed by atoms with Crippen LogP contribution in [0.4, 0.5) is 0 Å². The fourth-order valence-electron chi connectivity index (χ4n) is 7.98. The molecule has 6 amide bonds. The van der Waals surface area contributed by atoms with E-state index in [9.17, 15) is 33.6 Å². The third-order valence-corrected chi connectivity index (χ3v) is 11.2. The number of aromatic amines is 1. The van der Waals surface area contributed by atoms with Gasteiger partial charge >= 0.3 is 5.97 Å². The van der Waals surface area contributed by atoms with Gasteiger partial charge < -0.3 is 41.2 Å². The van der Waals surface area contributed by atoms with Gasteiger partial charge in [-0.3, -0.25) is 28.8 Å². The van der Waals surface area contributed by atoms with E-state index in [0.29, 0.717) is 31.6 Å². The molecule has 0 bridgehead atoms. The Kier molecular flexibility index (Phi) is 18.0. The molecular formula is C45H69N7O8. The molecule has 1 aromatic carbocycles. The number of H-pyrrole nitrogens is 1. The van der Waals surface area contributed by atoms with Crippen LogP contribution in [0.1, 0.15) is 125 Å². The zero-order valence-electron chi connectivity index (χ0n) is 36.9. The van der Waals surface area contributed by atoms with Gasteiger partial charge in [0.2, 0.25) is 35.4 Å². The van der Waals surface area contributed by atoms with Crippen molar-refractivity contribution in [2.24, 2.45) is 17.8 Å². The molecule has 15 nitrogen and oxygen atoms in total. The van der Waals surface area contributed by atoms with Crippen LogP contribution in [0.2, 0.25) is 0 Å². The Morgan fingerprint density at radius 3 is 2.03 bits per heavy atom. The summed E-state index contributed by atoms with van der Waals surface area (Å²) in [7, 11) is 0. The van der Waals surface area contributed by atoms with Crippen molar-refractivity contribution in [2.45, 2.75) is 168 Å². The number of ether oxygens (including phenoxy) is 1. The Morgan fingerprint density at radius 1 is 0.700 bits per heavy atom. The van der Waals surface area contributed by atoms with Crippen LogP contribution < -0.4 is 26.6 Å². The molecule has 2 saturated heterocycles. The number of amides is 6. The Labute approximate surface area is 355 Å². The Bertz CT molecular complexity index is 1810. The summed E-state index contributed by atoms with van der Waals surface area (Å²) in [6, 6.07) is 1.39. The van der Waals surface area contributed by atoms with E-state index in [4.69, 9.17) is 4.74 Å². The van der Waals surface area contributed by atoms with Gasteiger partial charge in [0.15, 0.2) is 0 Å². The van der Waals surface area contributed by atoms with Gasteiger partial charge in [-0.25, -0.2) is 4.79 Å². The summed E-state index contributed by atoms with van der Waals surface area (Å²) in [5.74, 6) is -3.50. The number of esters is 1. The largest absolute Gasteiger partial charge is 0.460 e.